The van der Waals surface area contributed by atoms with Crippen LogP contribution in [0.5, 0.6) is 5.75 Å². The number of hydrogen-bond acceptors (Lipinski definition) is 4. The van der Waals surface area contributed by atoms with Crippen LogP contribution in [0.15, 0.2) is 95.0 Å². The Balaban J connectivity index is 1.54. The summed E-state index contributed by atoms with van der Waals surface area (Å²) in [7, 11) is 0. The number of aromatic nitrogens is 3. The Hall–Kier alpha value is -3.83. The highest BCUT2D eigenvalue weighted by Crippen LogP contribution is 2.37. The summed E-state index contributed by atoms with van der Waals surface area (Å²) < 4.78 is 2.26. The van der Waals surface area contributed by atoms with Crippen LogP contribution in [0.2, 0.25) is 0 Å². The lowest BCUT2D eigenvalue weighted by Gasteiger charge is -2.12. The van der Waals surface area contributed by atoms with Gasteiger partial charge >= 0.3 is 0 Å². The van der Waals surface area contributed by atoms with Crippen LogP contribution in [0.25, 0.3) is 38.5 Å². The van der Waals surface area contributed by atoms with Gasteiger partial charge in [0.05, 0.1) is 11.0 Å². The van der Waals surface area contributed by atoms with Gasteiger partial charge in [-0.2, -0.15) is 0 Å². The first-order valence-corrected chi connectivity index (χ1v) is 11.6. The third kappa shape index (κ3) is 3.24. The van der Waals surface area contributed by atoms with Crippen molar-refractivity contribution in [2.75, 3.05) is 0 Å². The minimum atomic E-state index is 0.200. The van der Waals surface area contributed by atoms with Gasteiger partial charge < -0.3 is 5.11 Å². The van der Waals surface area contributed by atoms with Crippen molar-refractivity contribution in [2.24, 2.45) is 0 Å². The van der Waals surface area contributed by atoms with Crippen molar-refractivity contribution in [1.82, 2.24) is 14.5 Å². The molecule has 5 heteroatoms. The fourth-order valence-electron chi connectivity index (χ4n) is 4.38. The van der Waals surface area contributed by atoms with Crippen LogP contribution in [0.3, 0.4) is 0 Å². The number of aryl methyl sites for hydroxylation is 1. The molecule has 3 heterocycles. The predicted molar refractivity (Wildman–Crippen MR) is 136 cm³/mol. The number of phenols is 1. The van der Waals surface area contributed by atoms with Crippen molar-refractivity contribution in [3.05, 3.63) is 96.2 Å². The molecule has 0 aliphatic heterocycles. The van der Waals surface area contributed by atoms with E-state index >= 15 is 0 Å². The van der Waals surface area contributed by atoms with Crippen LogP contribution < -0.4 is 0 Å². The Morgan fingerprint density at radius 1 is 0.818 bits per heavy atom. The van der Waals surface area contributed by atoms with Gasteiger partial charge in [0, 0.05) is 27.3 Å². The quantitative estimate of drug-likeness (QED) is 0.312. The molecule has 33 heavy (non-hydrogen) atoms. The van der Waals surface area contributed by atoms with E-state index in [-0.39, 0.29) is 5.75 Å². The second kappa shape index (κ2) is 7.64. The number of rotatable bonds is 3. The number of para-hydroxylation sites is 2. The first-order chi connectivity index (χ1) is 16.1. The zero-order valence-electron chi connectivity index (χ0n) is 18.3. The van der Waals surface area contributed by atoms with Crippen molar-refractivity contribution in [2.45, 2.75) is 23.8 Å². The second-order valence-corrected chi connectivity index (χ2v) is 9.30. The van der Waals surface area contributed by atoms with Crippen LogP contribution in [0.4, 0.5) is 0 Å². The van der Waals surface area contributed by atoms with E-state index in [0.717, 1.165) is 32.2 Å². The molecule has 3 aromatic carbocycles. The van der Waals surface area contributed by atoms with Gasteiger partial charge in [0.15, 0.2) is 0 Å². The van der Waals surface area contributed by atoms with Crippen molar-refractivity contribution in [1.29, 1.82) is 0 Å². The van der Waals surface area contributed by atoms with Crippen molar-refractivity contribution >= 4 is 44.5 Å². The van der Waals surface area contributed by atoms with Crippen molar-refractivity contribution < 1.29 is 5.11 Å². The molecule has 0 radical (unpaired) electrons. The molecule has 6 rings (SSSR count). The maximum atomic E-state index is 10.2. The smallest absolute Gasteiger partial charge is 0.141 e. The standard InChI is InChI=1S/C28H21N3OS/c1-17-14-15-29-28(18(17)2)31-23-8-4-3-7-21(23)22-12-11-20(16-24(22)31)33-26-13-10-19-6-5-9-25(32)27(19)30-26/h3-16,32H,1-2H3. The number of nitrogens with zero attached hydrogens (tertiary/aromatic N) is 3. The molecular weight excluding hydrogens is 426 g/mol. The molecule has 0 bridgehead atoms. The summed E-state index contributed by atoms with van der Waals surface area (Å²) in [4.78, 5) is 10.5. The van der Waals surface area contributed by atoms with Crippen molar-refractivity contribution in [3.63, 3.8) is 0 Å². The summed E-state index contributed by atoms with van der Waals surface area (Å²) in [6.45, 7) is 4.25. The minimum absolute atomic E-state index is 0.200. The van der Waals surface area contributed by atoms with Crippen molar-refractivity contribution in [3.8, 4) is 11.6 Å². The number of pyridine rings is 2. The lowest BCUT2D eigenvalue weighted by Crippen LogP contribution is -2.01. The number of hydrogen-bond donors (Lipinski definition) is 1. The summed E-state index contributed by atoms with van der Waals surface area (Å²) >= 11 is 1.59. The Morgan fingerprint density at radius 3 is 2.58 bits per heavy atom. The molecule has 0 unspecified atom stereocenters. The van der Waals surface area contributed by atoms with Gasteiger partial charge in [-0.15, -0.1) is 0 Å². The van der Waals surface area contributed by atoms with E-state index in [1.807, 2.05) is 30.5 Å². The monoisotopic (exact) mass is 447 g/mol. The van der Waals surface area contributed by atoms with Crippen LogP contribution in [-0.2, 0) is 0 Å². The molecule has 6 aromatic rings. The van der Waals surface area contributed by atoms with E-state index in [1.165, 1.54) is 21.9 Å². The normalized spacial score (nSPS) is 11.6. The zero-order valence-corrected chi connectivity index (χ0v) is 19.1. The van der Waals surface area contributed by atoms with Crippen LogP contribution >= 0.6 is 11.8 Å². The molecule has 0 saturated heterocycles. The summed E-state index contributed by atoms with van der Waals surface area (Å²) in [5.74, 6) is 1.16. The third-order valence-electron chi connectivity index (χ3n) is 6.20. The molecule has 4 nitrogen and oxygen atoms in total. The van der Waals surface area contributed by atoms with Gasteiger partial charge in [-0.25, -0.2) is 9.97 Å². The van der Waals surface area contributed by atoms with E-state index < -0.39 is 0 Å². The summed E-state index contributed by atoms with van der Waals surface area (Å²) in [6, 6.07) is 26.5. The molecular formula is C28H21N3OS. The molecule has 0 amide bonds. The molecule has 0 aliphatic carbocycles. The molecule has 0 aliphatic rings. The van der Waals surface area contributed by atoms with Gasteiger partial charge in [-0.3, -0.25) is 4.57 Å². The van der Waals surface area contributed by atoms with Gasteiger partial charge in [0.1, 0.15) is 22.1 Å². The van der Waals surface area contributed by atoms with E-state index in [4.69, 9.17) is 9.97 Å². The Bertz CT molecular complexity index is 1690. The minimum Gasteiger partial charge on any atom is -0.506 e. The summed E-state index contributed by atoms with van der Waals surface area (Å²) in [5.41, 5.74) is 5.27. The maximum Gasteiger partial charge on any atom is 0.141 e. The summed E-state index contributed by atoms with van der Waals surface area (Å²) in [6.07, 6.45) is 1.88. The number of aromatic hydroxyl groups is 1. The average Bonchev–Trinajstić information content (AvgIpc) is 3.15. The molecule has 1 N–H and O–H groups in total. The third-order valence-corrected chi connectivity index (χ3v) is 7.13. The molecule has 0 saturated carbocycles. The fraction of sp³-hybridized carbons (Fsp3) is 0.0714. The Kier molecular flexibility index (Phi) is 4.59. The van der Waals surface area contributed by atoms with E-state index in [1.54, 1.807) is 17.8 Å². The predicted octanol–water partition coefficient (Wildman–Crippen LogP) is 7.20. The second-order valence-electron chi connectivity index (χ2n) is 8.21. The highest BCUT2D eigenvalue weighted by Gasteiger charge is 2.16. The maximum absolute atomic E-state index is 10.2. The Labute approximate surface area is 195 Å². The van der Waals surface area contributed by atoms with Crippen LogP contribution in [-0.4, -0.2) is 19.6 Å². The largest absolute Gasteiger partial charge is 0.506 e. The summed E-state index contributed by atoms with van der Waals surface area (Å²) in [5, 5.41) is 14.4. The highest BCUT2D eigenvalue weighted by molar-refractivity contribution is 7.99. The number of benzene rings is 3. The molecule has 3 aromatic heterocycles. The first kappa shape index (κ1) is 19.8. The Morgan fingerprint density at radius 2 is 1.67 bits per heavy atom. The van der Waals surface area contributed by atoms with Gasteiger partial charge in [0.2, 0.25) is 0 Å². The van der Waals surface area contributed by atoms with E-state index in [9.17, 15) is 5.11 Å². The van der Waals surface area contributed by atoms with Gasteiger partial charge in [0.25, 0.3) is 0 Å². The number of fused-ring (bicyclic) bond motifs is 4. The highest BCUT2D eigenvalue weighted by atomic mass is 32.2. The van der Waals surface area contributed by atoms with Gasteiger partial charge in [-0.05, 0) is 67.4 Å². The van der Waals surface area contributed by atoms with Crippen LogP contribution in [0, 0.1) is 13.8 Å². The molecule has 0 atom stereocenters. The van der Waals surface area contributed by atoms with Gasteiger partial charge in [-0.1, -0.05) is 48.2 Å². The zero-order chi connectivity index (χ0) is 22.5. The first-order valence-electron chi connectivity index (χ1n) is 10.8. The lowest BCUT2D eigenvalue weighted by molar-refractivity contribution is 0.480. The molecule has 0 spiro atoms. The average molecular weight is 448 g/mol. The topological polar surface area (TPSA) is 50.9 Å². The SMILES string of the molecule is Cc1ccnc(-n2c3ccccc3c3ccc(Sc4ccc5cccc(O)c5n4)cc32)c1C. The number of phenolic OH excluding ortho intramolecular Hbond substituents is 1. The molecule has 160 valence electrons. The van der Waals surface area contributed by atoms with E-state index in [0.29, 0.717) is 5.52 Å². The lowest BCUT2D eigenvalue weighted by atomic mass is 10.1. The van der Waals surface area contributed by atoms with Crippen LogP contribution in [0.1, 0.15) is 11.1 Å². The molecule has 0 fully saturated rings. The fourth-order valence-corrected chi connectivity index (χ4v) is 5.20. The van der Waals surface area contributed by atoms with E-state index in [2.05, 4.69) is 66.9 Å².